The molecule has 14 heavy (non-hydrogen) atoms. The van der Waals surface area contributed by atoms with Crippen molar-refractivity contribution in [2.24, 2.45) is 11.7 Å². The predicted molar refractivity (Wildman–Crippen MR) is 52.7 cm³/mol. The van der Waals surface area contributed by atoms with E-state index in [1.54, 1.807) is 0 Å². The molecule has 1 heterocycles. The first-order valence-electron chi connectivity index (χ1n) is 4.96. The normalized spacial score (nSPS) is 28.6. The molecule has 0 bridgehead atoms. The van der Waals surface area contributed by atoms with E-state index < -0.39 is 5.60 Å². The van der Waals surface area contributed by atoms with Crippen molar-refractivity contribution in [1.29, 1.82) is 0 Å². The van der Waals surface area contributed by atoms with Gasteiger partial charge in [0.1, 0.15) is 5.60 Å². The Morgan fingerprint density at radius 1 is 1.50 bits per heavy atom. The van der Waals surface area contributed by atoms with Crippen LogP contribution in [0.15, 0.2) is 0 Å². The summed E-state index contributed by atoms with van der Waals surface area (Å²) in [4.78, 5) is 11.7. The molecule has 1 fully saturated rings. The number of rotatable bonds is 1. The lowest BCUT2D eigenvalue weighted by Gasteiger charge is -2.30. The summed E-state index contributed by atoms with van der Waals surface area (Å²) in [6.45, 7) is 6.61. The van der Waals surface area contributed by atoms with Crippen molar-refractivity contribution in [3.8, 4) is 0 Å². The van der Waals surface area contributed by atoms with Crippen molar-refractivity contribution in [1.82, 2.24) is 0 Å². The lowest BCUT2D eigenvalue weighted by atomic mass is 9.95. The molecule has 1 aliphatic rings. The first-order valence-corrected chi connectivity index (χ1v) is 4.96. The minimum Gasteiger partial charge on any atom is -0.460 e. The zero-order valence-corrected chi connectivity index (χ0v) is 9.08. The van der Waals surface area contributed by atoms with Crippen LogP contribution >= 0.6 is 0 Å². The molecular formula is C10H19NO3. The third kappa shape index (κ3) is 3.27. The smallest absolute Gasteiger partial charge is 0.311 e. The Hall–Kier alpha value is -0.610. The zero-order chi connectivity index (χ0) is 10.8. The molecule has 0 radical (unpaired) electrons. The summed E-state index contributed by atoms with van der Waals surface area (Å²) < 4.78 is 10.4. The molecule has 1 aliphatic heterocycles. The zero-order valence-electron chi connectivity index (χ0n) is 9.08. The topological polar surface area (TPSA) is 61.5 Å². The Morgan fingerprint density at radius 3 is 2.64 bits per heavy atom. The second kappa shape index (κ2) is 4.28. The van der Waals surface area contributed by atoms with E-state index in [1.165, 1.54) is 0 Å². The fraction of sp³-hybridized carbons (Fsp3) is 0.900. The van der Waals surface area contributed by atoms with Crippen LogP contribution in [-0.4, -0.2) is 30.8 Å². The van der Waals surface area contributed by atoms with E-state index in [0.717, 1.165) is 0 Å². The summed E-state index contributed by atoms with van der Waals surface area (Å²) in [6, 6.07) is -0.224. The third-order valence-corrected chi connectivity index (χ3v) is 2.11. The largest absolute Gasteiger partial charge is 0.460 e. The third-order valence-electron chi connectivity index (χ3n) is 2.11. The number of ether oxygens (including phenoxy) is 2. The number of carbonyl (C=O) groups excluding carboxylic acids is 1. The van der Waals surface area contributed by atoms with Crippen LogP contribution in [0.4, 0.5) is 0 Å². The molecule has 0 spiro atoms. The Morgan fingerprint density at radius 2 is 2.14 bits per heavy atom. The highest BCUT2D eigenvalue weighted by molar-refractivity contribution is 5.73. The van der Waals surface area contributed by atoms with Crippen molar-refractivity contribution in [3.63, 3.8) is 0 Å². The van der Waals surface area contributed by atoms with Crippen molar-refractivity contribution in [2.45, 2.75) is 38.8 Å². The molecule has 0 amide bonds. The van der Waals surface area contributed by atoms with Crippen molar-refractivity contribution in [3.05, 3.63) is 0 Å². The number of hydrogen-bond donors (Lipinski definition) is 1. The quantitative estimate of drug-likeness (QED) is 0.634. The molecule has 4 heteroatoms. The van der Waals surface area contributed by atoms with Crippen LogP contribution in [0.25, 0.3) is 0 Å². The molecule has 0 saturated carbocycles. The van der Waals surface area contributed by atoms with Gasteiger partial charge in [0.15, 0.2) is 0 Å². The highest BCUT2D eigenvalue weighted by Crippen LogP contribution is 2.19. The Balaban J connectivity index is 2.50. The Kier molecular flexibility index (Phi) is 3.50. The average molecular weight is 201 g/mol. The second-order valence-corrected chi connectivity index (χ2v) is 4.67. The van der Waals surface area contributed by atoms with Crippen LogP contribution in [-0.2, 0) is 14.3 Å². The maximum atomic E-state index is 11.7. The van der Waals surface area contributed by atoms with Gasteiger partial charge in [-0.3, -0.25) is 4.79 Å². The van der Waals surface area contributed by atoms with E-state index in [4.69, 9.17) is 15.2 Å². The first-order chi connectivity index (χ1) is 6.40. The van der Waals surface area contributed by atoms with E-state index >= 15 is 0 Å². The van der Waals surface area contributed by atoms with Gasteiger partial charge in [0.05, 0.1) is 12.5 Å². The van der Waals surface area contributed by atoms with Gasteiger partial charge in [0.25, 0.3) is 0 Å². The maximum absolute atomic E-state index is 11.7. The molecule has 4 nitrogen and oxygen atoms in total. The van der Waals surface area contributed by atoms with Crippen LogP contribution in [0.5, 0.6) is 0 Å². The minimum absolute atomic E-state index is 0.201. The molecule has 0 aliphatic carbocycles. The van der Waals surface area contributed by atoms with E-state index in [1.807, 2.05) is 20.8 Å². The van der Waals surface area contributed by atoms with E-state index in [9.17, 15) is 4.79 Å². The highest BCUT2D eigenvalue weighted by atomic mass is 16.6. The van der Waals surface area contributed by atoms with Gasteiger partial charge in [0, 0.05) is 12.6 Å². The van der Waals surface area contributed by atoms with E-state index in [2.05, 4.69) is 0 Å². The van der Waals surface area contributed by atoms with Gasteiger partial charge in [-0.15, -0.1) is 0 Å². The standard InChI is InChI=1S/C10H19NO3/c1-10(2,3)14-9(12)7-4-5-13-6-8(7)11/h7-8H,4-6,11H2,1-3H3/t7-,8+/m0/s1. The van der Waals surface area contributed by atoms with Crippen molar-refractivity contribution >= 4 is 5.97 Å². The molecule has 82 valence electrons. The maximum Gasteiger partial charge on any atom is 0.311 e. The number of nitrogens with two attached hydrogens (primary N) is 1. The fourth-order valence-corrected chi connectivity index (χ4v) is 1.43. The van der Waals surface area contributed by atoms with Gasteiger partial charge in [-0.25, -0.2) is 0 Å². The monoisotopic (exact) mass is 201 g/mol. The molecule has 0 aromatic rings. The lowest BCUT2D eigenvalue weighted by molar-refractivity contribution is -0.164. The highest BCUT2D eigenvalue weighted by Gasteiger charge is 2.32. The number of hydrogen-bond acceptors (Lipinski definition) is 4. The van der Waals surface area contributed by atoms with Crippen molar-refractivity contribution in [2.75, 3.05) is 13.2 Å². The summed E-state index contributed by atoms with van der Waals surface area (Å²) in [5.74, 6) is -0.406. The molecule has 0 aromatic heterocycles. The summed E-state index contributed by atoms with van der Waals surface area (Å²) in [7, 11) is 0. The molecule has 1 rings (SSSR count). The van der Waals surface area contributed by atoms with Crippen LogP contribution < -0.4 is 5.73 Å². The van der Waals surface area contributed by atoms with Gasteiger partial charge in [-0.1, -0.05) is 0 Å². The minimum atomic E-state index is -0.435. The fourth-order valence-electron chi connectivity index (χ4n) is 1.43. The van der Waals surface area contributed by atoms with Crippen LogP contribution in [0.3, 0.4) is 0 Å². The summed E-state index contributed by atoms with van der Waals surface area (Å²) in [5, 5.41) is 0. The van der Waals surface area contributed by atoms with Crippen LogP contribution in [0, 0.1) is 5.92 Å². The SMILES string of the molecule is CC(C)(C)OC(=O)[C@H]1CCOC[C@H]1N. The number of carbonyl (C=O) groups is 1. The summed E-state index contributed by atoms with van der Waals surface area (Å²) in [5.41, 5.74) is 5.34. The lowest BCUT2D eigenvalue weighted by Crippen LogP contribution is -2.45. The molecule has 0 aromatic carbocycles. The van der Waals surface area contributed by atoms with E-state index in [0.29, 0.717) is 19.6 Å². The second-order valence-electron chi connectivity index (χ2n) is 4.67. The predicted octanol–water partition coefficient (Wildman–Crippen LogP) is 0.692. The summed E-state index contributed by atoms with van der Waals surface area (Å²) in [6.07, 6.45) is 0.663. The van der Waals surface area contributed by atoms with Gasteiger partial charge in [0.2, 0.25) is 0 Å². The van der Waals surface area contributed by atoms with Crippen LogP contribution in [0.1, 0.15) is 27.2 Å². The van der Waals surface area contributed by atoms with Crippen molar-refractivity contribution < 1.29 is 14.3 Å². The van der Waals surface area contributed by atoms with Crippen LogP contribution in [0.2, 0.25) is 0 Å². The average Bonchev–Trinajstić information content (AvgIpc) is 2.01. The molecule has 0 unspecified atom stereocenters. The molecule has 2 atom stereocenters. The Labute approximate surface area is 84.7 Å². The first kappa shape index (κ1) is 11.5. The molecule has 1 saturated heterocycles. The summed E-state index contributed by atoms with van der Waals surface area (Å²) >= 11 is 0. The Bertz CT molecular complexity index is 210. The van der Waals surface area contributed by atoms with Gasteiger partial charge < -0.3 is 15.2 Å². The van der Waals surface area contributed by atoms with Gasteiger partial charge in [-0.05, 0) is 27.2 Å². The number of esters is 1. The van der Waals surface area contributed by atoms with Gasteiger partial charge in [-0.2, -0.15) is 0 Å². The molecular weight excluding hydrogens is 182 g/mol. The van der Waals surface area contributed by atoms with E-state index in [-0.39, 0.29) is 17.9 Å². The molecule has 2 N–H and O–H groups in total. The van der Waals surface area contributed by atoms with Gasteiger partial charge >= 0.3 is 5.97 Å².